The lowest BCUT2D eigenvalue weighted by Gasteiger charge is -2.36. The molecule has 1 aromatic rings. The quantitative estimate of drug-likeness (QED) is 0.921. The molecule has 2 fully saturated rings. The third-order valence-corrected chi connectivity index (χ3v) is 4.57. The number of carbonyl (C=O) groups excluding carboxylic acids is 1. The lowest BCUT2D eigenvalue weighted by Crippen LogP contribution is -2.46. The third-order valence-electron chi connectivity index (χ3n) is 4.57. The first-order valence-corrected chi connectivity index (χ1v) is 7.64. The largest absolute Gasteiger partial charge is 0.320 e. The Labute approximate surface area is 124 Å². The van der Waals surface area contributed by atoms with Crippen molar-refractivity contribution in [3.05, 3.63) is 35.6 Å². The number of carbonyl (C=O) groups is 1. The monoisotopic (exact) mass is 291 g/mol. The van der Waals surface area contributed by atoms with Gasteiger partial charge in [-0.3, -0.25) is 10.1 Å². The van der Waals surface area contributed by atoms with Gasteiger partial charge in [-0.1, -0.05) is 18.6 Å². The van der Waals surface area contributed by atoms with Crippen LogP contribution in [-0.2, 0) is 4.79 Å². The molecule has 114 valence electrons. The van der Waals surface area contributed by atoms with Crippen molar-refractivity contribution in [2.24, 2.45) is 0 Å². The van der Waals surface area contributed by atoms with Crippen LogP contribution < -0.4 is 5.32 Å². The summed E-state index contributed by atoms with van der Waals surface area (Å²) in [5, 5.41) is 3.20. The van der Waals surface area contributed by atoms with Crippen LogP contribution in [0.5, 0.6) is 0 Å². The molecule has 2 unspecified atom stereocenters. The number of halogens is 1. The van der Waals surface area contributed by atoms with E-state index in [9.17, 15) is 9.18 Å². The number of rotatable bonds is 3. The highest BCUT2D eigenvalue weighted by Crippen LogP contribution is 2.25. The Bertz CT molecular complexity index is 522. The second-order valence-corrected chi connectivity index (χ2v) is 6.01. The normalized spacial score (nSPS) is 27.3. The summed E-state index contributed by atoms with van der Waals surface area (Å²) in [6.45, 7) is 2.13. The maximum Gasteiger partial charge on any atom is 0.238 e. The zero-order chi connectivity index (χ0) is 14.8. The van der Waals surface area contributed by atoms with Crippen LogP contribution in [0.4, 0.5) is 4.39 Å². The minimum atomic E-state index is -0.261. The van der Waals surface area contributed by atoms with Gasteiger partial charge < -0.3 is 9.80 Å². The first kappa shape index (κ1) is 14.5. The fraction of sp³-hybridized carbons (Fsp3) is 0.562. The smallest absolute Gasteiger partial charge is 0.238 e. The van der Waals surface area contributed by atoms with Crippen LogP contribution in [0.1, 0.15) is 31.0 Å². The maximum atomic E-state index is 13.4. The molecule has 1 N–H and O–H groups in total. The highest BCUT2D eigenvalue weighted by Gasteiger charge is 2.34. The summed E-state index contributed by atoms with van der Waals surface area (Å²) in [5.74, 6) is -0.161. The highest BCUT2D eigenvalue weighted by atomic mass is 19.1. The summed E-state index contributed by atoms with van der Waals surface area (Å²) >= 11 is 0. The van der Waals surface area contributed by atoms with E-state index >= 15 is 0 Å². The van der Waals surface area contributed by atoms with Crippen LogP contribution in [-0.4, -0.2) is 48.4 Å². The summed E-state index contributed by atoms with van der Waals surface area (Å²) in [6.07, 6.45) is 3.36. The Morgan fingerprint density at radius 2 is 2.24 bits per heavy atom. The number of amides is 1. The van der Waals surface area contributed by atoms with Gasteiger partial charge in [0.25, 0.3) is 0 Å². The number of piperidine rings is 1. The van der Waals surface area contributed by atoms with Gasteiger partial charge in [0.05, 0.1) is 6.54 Å². The molecule has 5 heteroatoms. The first-order valence-electron chi connectivity index (χ1n) is 7.64. The van der Waals surface area contributed by atoms with Crippen molar-refractivity contribution in [3.8, 4) is 0 Å². The molecule has 3 rings (SSSR count). The fourth-order valence-electron chi connectivity index (χ4n) is 3.32. The van der Waals surface area contributed by atoms with Gasteiger partial charge in [-0.2, -0.15) is 0 Å². The molecule has 2 saturated heterocycles. The van der Waals surface area contributed by atoms with Gasteiger partial charge in [0.1, 0.15) is 12.0 Å². The number of hydrogen-bond acceptors (Lipinski definition) is 3. The van der Waals surface area contributed by atoms with Crippen molar-refractivity contribution < 1.29 is 9.18 Å². The van der Waals surface area contributed by atoms with Gasteiger partial charge in [-0.05, 0) is 44.1 Å². The van der Waals surface area contributed by atoms with Crippen LogP contribution in [0.25, 0.3) is 0 Å². The van der Waals surface area contributed by atoms with E-state index in [-0.39, 0.29) is 17.9 Å². The van der Waals surface area contributed by atoms with Crippen molar-refractivity contribution >= 4 is 5.91 Å². The van der Waals surface area contributed by atoms with Crippen LogP contribution in [0.15, 0.2) is 24.3 Å². The van der Waals surface area contributed by atoms with Crippen LogP contribution in [0, 0.1) is 5.82 Å². The molecule has 4 nitrogen and oxygen atoms in total. The van der Waals surface area contributed by atoms with Crippen LogP contribution in [0.3, 0.4) is 0 Å². The topological polar surface area (TPSA) is 35.6 Å². The molecule has 2 atom stereocenters. The molecule has 0 spiro atoms. The summed E-state index contributed by atoms with van der Waals surface area (Å²) in [4.78, 5) is 16.4. The first-order chi connectivity index (χ1) is 10.1. The van der Waals surface area contributed by atoms with E-state index in [1.54, 1.807) is 6.07 Å². The second-order valence-electron chi connectivity index (χ2n) is 6.01. The summed E-state index contributed by atoms with van der Waals surface area (Å²) in [6, 6.07) is 6.91. The second kappa shape index (κ2) is 6.12. The average molecular weight is 291 g/mol. The average Bonchev–Trinajstić information content (AvgIpc) is 2.83. The molecule has 1 amide bonds. The minimum absolute atomic E-state index is 0.100. The zero-order valence-electron chi connectivity index (χ0n) is 12.4. The van der Waals surface area contributed by atoms with Crippen molar-refractivity contribution in [1.29, 1.82) is 0 Å². The number of likely N-dealkylation sites (N-methyl/N-ethyl adjacent to an activating group) is 1. The molecule has 21 heavy (non-hydrogen) atoms. The maximum absolute atomic E-state index is 13.4. The molecule has 2 heterocycles. The lowest BCUT2D eigenvalue weighted by atomic mass is 10.0. The zero-order valence-corrected chi connectivity index (χ0v) is 12.4. The molecule has 0 saturated carbocycles. The SMILES string of the molecule is CN1CCCCC1CN1C(=O)CNC1c1cccc(F)c1. The van der Waals surface area contributed by atoms with Gasteiger partial charge >= 0.3 is 0 Å². The van der Waals surface area contributed by atoms with Crippen molar-refractivity contribution in [2.45, 2.75) is 31.5 Å². The van der Waals surface area contributed by atoms with E-state index in [0.717, 1.165) is 18.5 Å². The third kappa shape index (κ3) is 3.09. The number of nitrogens with one attached hydrogen (secondary N) is 1. The van der Waals surface area contributed by atoms with Gasteiger partial charge in [0, 0.05) is 12.6 Å². The molecule has 0 bridgehead atoms. The Kier molecular flexibility index (Phi) is 4.22. The predicted octanol–water partition coefficient (Wildman–Crippen LogP) is 1.74. The van der Waals surface area contributed by atoms with Crippen LogP contribution in [0.2, 0.25) is 0 Å². The molecular weight excluding hydrogens is 269 g/mol. The lowest BCUT2D eigenvalue weighted by molar-refractivity contribution is -0.129. The molecule has 2 aliphatic heterocycles. The Balaban J connectivity index is 1.76. The van der Waals surface area contributed by atoms with Gasteiger partial charge in [-0.25, -0.2) is 4.39 Å². The van der Waals surface area contributed by atoms with E-state index in [2.05, 4.69) is 17.3 Å². The van der Waals surface area contributed by atoms with Crippen molar-refractivity contribution in [1.82, 2.24) is 15.1 Å². The van der Waals surface area contributed by atoms with Gasteiger partial charge in [-0.15, -0.1) is 0 Å². The predicted molar refractivity (Wildman–Crippen MR) is 79.1 cm³/mol. The van der Waals surface area contributed by atoms with E-state index in [4.69, 9.17) is 0 Å². The number of nitrogens with zero attached hydrogens (tertiary/aromatic N) is 2. The molecular formula is C16H22FN3O. The Morgan fingerprint density at radius 1 is 1.38 bits per heavy atom. The molecule has 2 aliphatic rings. The number of hydrogen-bond donors (Lipinski definition) is 1. The molecule has 0 radical (unpaired) electrons. The summed E-state index contributed by atoms with van der Waals surface area (Å²) < 4.78 is 13.4. The van der Waals surface area contributed by atoms with E-state index in [0.29, 0.717) is 19.1 Å². The van der Waals surface area contributed by atoms with E-state index in [1.165, 1.54) is 25.0 Å². The van der Waals surface area contributed by atoms with Gasteiger partial charge in [0.2, 0.25) is 5.91 Å². The fourth-order valence-corrected chi connectivity index (χ4v) is 3.32. The summed E-state index contributed by atoms with van der Waals surface area (Å²) in [5.41, 5.74) is 0.819. The number of likely N-dealkylation sites (tertiary alicyclic amines) is 1. The standard InChI is InChI=1S/C16H22FN3O/c1-19-8-3-2-7-14(19)11-20-15(21)10-18-16(20)12-5-4-6-13(17)9-12/h4-6,9,14,16,18H,2-3,7-8,10-11H2,1H3. The number of benzene rings is 1. The van der Waals surface area contributed by atoms with E-state index in [1.807, 2.05) is 11.0 Å². The van der Waals surface area contributed by atoms with E-state index < -0.39 is 0 Å². The van der Waals surface area contributed by atoms with Crippen molar-refractivity contribution in [2.75, 3.05) is 26.7 Å². The summed E-state index contributed by atoms with van der Waals surface area (Å²) in [7, 11) is 2.12. The molecule has 0 aromatic heterocycles. The molecule has 0 aliphatic carbocycles. The highest BCUT2D eigenvalue weighted by molar-refractivity contribution is 5.81. The van der Waals surface area contributed by atoms with Gasteiger partial charge in [0.15, 0.2) is 0 Å². The van der Waals surface area contributed by atoms with Crippen molar-refractivity contribution in [3.63, 3.8) is 0 Å². The molecule has 1 aromatic carbocycles. The van der Waals surface area contributed by atoms with Crippen LogP contribution >= 0.6 is 0 Å². The minimum Gasteiger partial charge on any atom is -0.320 e. The Hall–Kier alpha value is -1.46. The Morgan fingerprint density at radius 3 is 3.00 bits per heavy atom.